The molecule has 6 atom stereocenters. The van der Waals surface area contributed by atoms with E-state index in [0.29, 0.717) is 0 Å². The van der Waals surface area contributed by atoms with E-state index in [1.807, 2.05) is 27.7 Å². The van der Waals surface area contributed by atoms with E-state index < -0.39 is 0 Å². The number of hydrogen-bond acceptors (Lipinski definition) is 4. The molecule has 0 aliphatic heterocycles. The van der Waals surface area contributed by atoms with Crippen LogP contribution in [0, 0.1) is 23.7 Å². The van der Waals surface area contributed by atoms with Crippen molar-refractivity contribution in [3.63, 3.8) is 0 Å². The van der Waals surface area contributed by atoms with Crippen molar-refractivity contribution in [2.75, 3.05) is 0 Å². The van der Waals surface area contributed by atoms with Gasteiger partial charge in [0, 0.05) is 25.7 Å². The summed E-state index contributed by atoms with van der Waals surface area (Å²) in [5.74, 6) is -0.610. The summed E-state index contributed by atoms with van der Waals surface area (Å²) in [6.45, 7) is 18.3. The van der Waals surface area contributed by atoms with Gasteiger partial charge in [0.2, 0.25) is 0 Å². The summed E-state index contributed by atoms with van der Waals surface area (Å²) in [7, 11) is 0. The quantitative estimate of drug-likeness (QED) is 0.480. The van der Waals surface area contributed by atoms with Crippen molar-refractivity contribution in [3.8, 4) is 0 Å². The summed E-state index contributed by atoms with van der Waals surface area (Å²) in [5.41, 5.74) is 0. The monoisotopic (exact) mass is 310 g/mol. The maximum atomic E-state index is 11.4. The van der Waals surface area contributed by atoms with Crippen LogP contribution in [0.4, 0.5) is 0 Å². The highest BCUT2D eigenvalue weighted by atomic mass is 16.5. The molecule has 4 nitrogen and oxygen atoms in total. The van der Waals surface area contributed by atoms with Crippen LogP contribution in [-0.4, -0.2) is 24.1 Å². The molecular weight excluding hydrogens is 280 g/mol. The van der Waals surface area contributed by atoms with E-state index in [0.717, 1.165) is 0 Å². The van der Waals surface area contributed by atoms with Crippen LogP contribution in [0.1, 0.15) is 41.5 Å². The van der Waals surface area contributed by atoms with E-state index in [4.69, 9.17) is 9.47 Å². The third-order valence-electron chi connectivity index (χ3n) is 4.25. The van der Waals surface area contributed by atoms with Gasteiger partial charge < -0.3 is 9.47 Å². The molecule has 0 spiro atoms. The van der Waals surface area contributed by atoms with Crippen LogP contribution in [0.5, 0.6) is 0 Å². The number of carbonyl (C=O) groups excluding carboxylic acids is 2. The predicted molar refractivity (Wildman–Crippen MR) is 88.2 cm³/mol. The van der Waals surface area contributed by atoms with Gasteiger partial charge in [0.15, 0.2) is 0 Å². The summed E-state index contributed by atoms with van der Waals surface area (Å²) >= 11 is 0. The van der Waals surface area contributed by atoms with Gasteiger partial charge in [-0.1, -0.05) is 39.8 Å². The molecule has 0 aromatic heterocycles. The van der Waals surface area contributed by atoms with Gasteiger partial charge in [-0.05, 0) is 11.8 Å². The molecule has 0 saturated carbocycles. The van der Waals surface area contributed by atoms with E-state index in [9.17, 15) is 9.59 Å². The van der Waals surface area contributed by atoms with Crippen LogP contribution >= 0.6 is 0 Å². The smallest absolute Gasteiger partial charge is 0.302 e. The Morgan fingerprint density at radius 3 is 1.23 bits per heavy atom. The third-order valence-corrected chi connectivity index (χ3v) is 4.25. The van der Waals surface area contributed by atoms with E-state index in [1.165, 1.54) is 13.8 Å². The first-order valence-electron chi connectivity index (χ1n) is 7.75. The molecule has 0 fully saturated rings. The minimum absolute atomic E-state index is 0.00338. The minimum atomic E-state index is -0.321. The fourth-order valence-electron chi connectivity index (χ4n) is 2.64. The molecule has 0 aromatic carbocycles. The SMILES string of the molecule is C=C[C@@H](C)[C@@H](OC(C)=O)[C@H](C)[C@H](C)[C@@H](OC(C)=O)[C@@H](C)C=C. The Labute approximate surface area is 134 Å². The van der Waals surface area contributed by atoms with Crippen LogP contribution in [0.25, 0.3) is 0 Å². The molecule has 22 heavy (non-hydrogen) atoms. The van der Waals surface area contributed by atoms with E-state index in [1.54, 1.807) is 12.2 Å². The average Bonchev–Trinajstić information content (AvgIpc) is 2.46. The van der Waals surface area contributed by atoms with Gasteiger partial charge in [-0.25, -0.2) is 0 Å². The van der Waals surface area contributed by atoms with Gasteiger partial charge in [-0.3, -0.25) is 9.59 Å². The van der Waals surface area contributed by atoms with Crippen molar-refractivity contribution in [3.05, 3.63) is 25.3 Å². The fourth-order valence-corrected chi connectivity index (χ4v) is 2.64. The maximum absolute atomic E-state index is 11.4. The Hall–Kier alpha value is -1.58. The normalized spacial score (nSPS) is 19.0. The summed E-state index contributed by atoms with van der Waals surface area (Å²) in [6.07, 6.45) is 2.93. The first-order valence-corrected chi connectivity index (χ1v) is 7.75. The van der Waals surface area contributed by atoms with Gasteiger partial charge in [-0.2, -0.15) is 0 Å². The minimum Gasteiger partial charge on any atom is -0.462 e. The summed E-state index contributed by atoms with van der Waals surface area (Å²) in [6, 6.07) is 0. The Kier molecular flexibility index (Phi) is 8.76. The Morgan fingerprint density at radius 1 is 0.773 bits per heavy atom. The molecule has 0 bridgehead atoms. The van der Waals surface area contributed by atoms with Crippen LogP contribution in [0.15, 0.2) is 25.3 Å². The number of hydrogen-bond donors (Lipinski definition) is 0. The van der Waals surface area contributed by atoms with Crippen LogP contribution in [0.3, 0.4) is 0 Å². The van der Waals surface area contributed by atoms with Crippen molar-refractivity contribution in [2.24, 2.45) is 23.7 Å². The van der Waals surface area contributed by atoms with Crippen molar-refractivity contribution in [2.45, 2.75) is 53.8 Å². The molecule has 0 saturated heterocycles. The number of rotatable bonds is 9. The molecular formula is C18H30O4. The third kappa shape index (κ3) is 6.04. The zero-order valence-corrected chi connectivity index (χ0v) is 14.7. The van der Waals surface area contributed by atoms with Crippen LogP contribution in [0.2, 0.25) is 0 Å². The van der Waals surface area contributed by atoms with Gasteiger partial charge in [0.1, 0.15) is 12.2 Å². The van der Waals surface area contributed by atoms with Crippen molar-refractivity contribution >= 4 is 11.9 Å². The Balaban J connectivity index is 5.32. The molecule has 4 heteroatoms. The maximum Gasteiger partial charge on any atom is 0.302 e. The second kappa shape index (κ2) is 9.44. The molecule has 0 heterocycles. The Morgan fingerprint density at radius 2 is 1.05 bits per heavy atom. The summed E-state index contributed by atoms with van der Waals surface area (Å²) in [5, 5.41) is 0. The van der Waals surface area contributed by atoms with Crippen LogP contribution in [-0.2, 0) is 19.1 Å². The lowest BCUT2D eigenvalue weighted by Gasteiger charge is -2.36. The number of ether oxygens (including phenoxy) is 2. The summed E-state index contributed by atoms with van der Waals surface area (Å²) in [4.78, 5) is 22.8. The predicted octanol–water partition coefficient (Wildman–Crippen LogP) is 3.77. The lowest BCUT2D eigenvalue weighted by molar-refractivity contribution is -0.160. The zero-order chi connectivity index (χ0) is 17.4. The number of carbonyl (C=O) groups is 2. The Bertz CT molecular complexity index is 364. The van der Waals surface area contributed by atoms with Gasteiger partial charge in [-0.15, -0.1) is 13.2 Å². The van der Waals surface area contributed by atoms with Crippen molar-refractivity contribution in [1.82, 2.24) is 0 Å². The van der Waals surface area contributed by atoms with E-state index in [2.05, 4.69) is 13.2 Å². The first kappa shape index (κ1) is 20.4. The average molecular weight is 310 g/mol. The fraction of sp³-hybridized carbons (Fsp3) is 0.667. The lowest BCUT2D eigenvalue weighted by Crippen LogP contribution is -2.41. The molecule has 0 N–H and O–H groups in total. The van der Waals surface area contributed by atoms with E-state index in [-0.39, 0.29) is 47.8 Å². The largest absolute Gasteiger partial charge is 0.462 e. The standard InChI is InChI=1S/C18H30O4/c1-9-11(3)17(21-15(7)19)13(5)14(6)18(12(4)10-2)22-16(8)20/h9-14,17-18H,1-2H2,3-8H3/t11-,12+,13-,14+,17-,18+. The molecule has 0 amide bonds. The molecule has 0 rings (SSSR count). The van der Waals surface area contributed by atoms with Crippen molar-refractivity contribution in [1.29, 1.82) is 0 Å². The summed E-state index contributed by atoms with van der Waals surface area (Å²) < 4.78 is 11.0. The van der Waals surface area contributed by atoms with E-state index >= 15 is 0 Å². The highest BCUT2D eigenvalue weighted by Crippen LogP contribution is 2.31. The topological polar surface area (TPSA) is 52.6 Å². The second-order valence-corrected chi connectivity index (χ2v) is 6.06. The lowest BCUT2D eigenvalue weighted by atomic mass is 9.78. The molecule has 0 radical (unpaired) electrons. The number of esters is 2. The van der Waals surface area contributed by atoms with Gasteiger partial charge >= 0.3 is 11.9 Å². The first-order chi connectivity index (χ1) is 10.1. The molecule has 0 unspecified atom stereocenters. The highest BCUT2D eigenvalue weighted by Gasteiger charge is 2.36. The molecule has 126 valence electrons. The van der Waals surface area contributed by atoms with Crippen molar-refractivity contribution < 1.29 is 19.1 Å². The van der Waals surface area contributed by atoms with Crippen LogP contribution < -0.4 is 0 Å². The molecule has 0 aliphatic rings. The van der Waals surface area contributed by atoms with Gasteiger partial charge in [0.05, 0.1) is 0 Å². The molecule has 0 aromatic rings. The zero-order valence-electron chi connectivity index (χ0n) is 14.7. The second-order valence-electron chi connectivity index (χ2n) is 6.06. The highest BCUT2D eigenvalue weighted by molar-refractivity contribution is 5.66. The molecule has 0 aliphatic carbocycles. The van der Waals surface area contributed by atoms with Gasteiger partial charge in [0.25, 0.3) is 0 Å².